The molecule has 6 nitrogen and oxygen atoms in total. The average molecular weight is 327 g/mol. The molecule has 0 saturated heterocycles. The number of amides is 1. The van der Waals surface area contributed by atoms with Crippen molar-refractivity contribution in [2.24, 2.45) is 17.0 Å². The first-order valence-corrected chi connectivity index (χ1v) is 9.11. The molecule has 22 heavy (non-hydrogen) atoms. The number of nitrogens with two attached hydrogens (primary N) is 1. The van der Waals surface area contributed by atoms with Crippen LogP contribution in [-0.4, -0.2) is 36.8 Å². The van der Waals surface area contributed by atoms with Crippen molar-refractivity contribution in [3.8, 4) is 0 Å². The molecule has 1 fully saturated rings. The fraction of sp³-hybridized carbons (Fsp3) is 0.667. The summed E-state index contributed by atoms with van der Waals surface area (Å²) in [7, 11) is -3.84. The van der Waals surface area contributed by atoms with Crippen molar-refractivity contribution in [1.82, 2.24) is 9.88 Å². The summed E-state index contributed by atoms with van der Waals surface area (Å²) < 4.78 is 23.4. The Morgan fingerprint density at radius 1 is 1.41 bits per heavy atom. The third-order valence-corrected chi connectivity index (χ3v) is 5.64. The van der Waals surface area contributed by atoms with Crippen molar-refractivity contribution < 1.29 is 13.2 Å². The van der Waals surface area contributed by atoms with Crippen LogP contribution in [0.25, 0.3) is 0 Å². The maximum atomic E-state index is 12.8. The number of aryl methyl sites for hydroxylation is 1. The van der Waals surface area contributed by atoms with Crippen LogP contribution in [-0.2, 0) is 10.0 Å². The molecule has 0 spiro atoms. The maximum absolute atomic E-state index is 12.8. The highest BCUT2D eigenvalue weighted by Crippen LogP contribution is 2.39. The van der Waals surface area contributed by atoms with Gasteiger partial charge in [-0.1, -0.05) is 6.92 Å². The molecular formula is C15H25N3O3S. The number of carbonyl (C=O) groups excluding carboxylic acids is 1. The van der Waals surface area contributed by atoms with Crippen molar-refractivity contribution >= 4 is 15.9 Å². The number of primary sulfonamides is 1. The minimum Gasteiger partial charge on any atom is -0.353 e. The molecule has 3 N–H and O–H groups in total. The van der Waals surface area contributed by atoms with Gasteiger partial charge in [-0.15, -0.1) is 0 Å². The molecule has 1 aliphatic rings. The van der Waals surface area contributed by atoms with Crippen molar-refractivity contribution in [1.29, 1.82) is 0 Å². The zero-order valence-corrected chi connectivity index (χ0v) is 14.6. The second-order valence-electron chi connectivity index (χ2n) is 6.65. The highest BCUT2D eigenvalue weighted by molar-refractivity contribution is 7.89. The molecule has 0 aliphatic heterocycles. The average Bonchev–Trinajstić information content (AvgIpc) is 2.96. The van der Waals surface area contributed by atoms with E-state index in [-0.39, 0.29) is 16.8 Å². The highest BCUT2D eigenvalue weighted by atomic mass is 32.2. The minimum absolute atomic E-state index is 0.0272. The van der Waals surface area contributed by atoms with Gasteiger partial charge in [0.15, 0.2) is 0 Å². The molecule has 0 radical (unpaired) electrons. The lowest BCUT2D eigenvalue weighted by atomic mass is 10.2. The van der Waals surface area contributed by atoms with Gasteiger partial charge in [0, 0.05) is 18.3 Å². The van der Waals surface area contributed by atoms with E-state index in [0.717, 1.165) is 6.42 Å². The first-order valence-electron chi connectivity index (χ1n) is 7.57. The Bertz CT molecular complexity index is 691. The van der Waals surface area contributed by atoms with Crippen molar-refractivity contribution in [2.75, 3.05) is 6.54 Å². The van der Waals surface area contributed by atoms with Gasteiger partial charge in [0.05, 0.1) is 0 Å². The number of carbonyl (C=O) groups is 1. The zero-order valence-electron chi connectivity index (χ0n) is 13.8. The Morgan fingerprint density at radius 2 is 1.95 bits per heavy atom. The molecule has 1 aromatic heterocycles. The summed E-state index contributed by atoms with van der Waals surface area (Å²) >= 11 is 0. The molecule has 0 unspecified atom stereocenters. The molecule has 1 heterocycles. The van der Waals surface area contributed by atoms with Gasteiger partial charge in [-0.3, -0.25) is 4.79 Å². The van der Waals surface area contributed by atoms with Crippen molar-refractivity contribution in [2.45, 2.75) is 52.0 Å². The molecule has 1 aliphatic carbocycles. The fourth-order valence-electron chi connectivity index (χ4n) is 2.95. The van der Waals surface area contributed by atoms with Gasteiger partial charge in [0.1, 0.15) is 10.6 Å². The Hall–Kier alpha value is -1.34. The molecule has 2 atom stereocenters. The summed E-state index contributed by atoms with van der Waals surface area (Å²) in [6.07, 6.45) is 1.14. The van der Waals surface area contributed by atoms with Crippen LogP contribution in [0.15, 0.2) is 4.90 Å². The van der Waals surface area contributed by atoms with E-state index in [1.807, 2.05) is 13.8 Å². The van der Waals surface area contributed by atoms with Crippen LogP contribution in [0.5, 0.6) is 0 Å². The molecule has 1 amide bonds. The number of nitrogens with zero attached hydrogens (tertiary/aromatic N) is 1. The van der Waals surface area contributed by atoms with Crippen LogP contribution in [0.4, 0.5) is 0 Å². The van der Waals surface area contributed by atoms with Crippen LogP contribution in [0.2, 0.25) is 0 Å². The standard InChI is InChI=1S/C15H25N3O3S/c1-8(2)18(7-12-6-9(12)3)15(19)13-10(4)14(11(5)17-13)22(16,20)21/h8-9,12,17H,6-7H2,1-5H3,(H2,16,20,21)/t9-,12+/m1/s1. The monoisotopic (exact) mass is 327 g/mol. The van der Waals surface area contributed by atoms with E-state index in [0.29, 0.717) is 35.3 Å². The van der Waals surface area contributed by atoms with Crippen molar-refractivity contribution in [3.63, 3.8) is 0 Å². The number of hydrogen-bond donors (Lipinski definition) is 2. The van der Waals surface area contributed by atoms with E-state index in [4.69, 9.17) is 5.14 Å². The molecule has 124 valence electrons. The summed E-state index contributed by atoms with van der Waals surface area (Å²) in [4.78, 5) is 17.6. The molecule has 1 aromatic rings. The zero-order chi connectivity index (χ0) is 16.8. The molecule has 0 bridgehead atoms. The number of aromatic nitrogens is 1. The second-order valence-corrected chi connectivity index (χ2v) is 8.15. The van der Waals surface area contributed by atoms with Crippen LogP contribution in [0, 0.1) is 25.7 Å². The molecule has 0 aromatic carbocycles. The summed E-state index contributed by atoms with van der Waals surface area (Å²) in [5.41, 5.74) is 1.13. The highest BCUT2D eigenvalue weighted by Gasteiger charge is 2.37. The van der Waals surface area contributed by atoms with Crippen molar-refractivity contribution in [3.05, 3.63) is 17.0 Å². The minimum atomic E-state index is -3.84. The molecular weight excluding hydrogens is 302 g/mol. The quantitative estimate of drug-likeness (QED) is 0.863. The summed E-state index contributed by atoms with van der Waals surface area (Å²) in [6.45, 7) is 10.1. The van der Waals surface area contributed by atoms with E-state index in [2.05, 4.69) is 11.9 Å². The van der Waals surface area contributed by atoms with Gasteiger partial charge in [-0.25, -0.2) is 13.6 Å². The normalized spacial score (nSPS) is 21.2. The van der Waals surface area contributed by atoms with Gasteiger partial charge in [0.25, 0.3) is 5.91 Å². The van der Waals surface area contributed by atoms with E-state index in [9.17, 15) is 13.2 Å². The Balaban J connectivity index is 2.35. The summed E-state index contributed by atoms with van der Waals surface area (Å²) in [5, 5.41) is 5.24. The number of nitrogens with one attached hydrogen (secondary N) is 1. The van der Waals surface area contributed by atoms with Gasteiger partial charge in [-0.2, -0.15) is 0 Å². The van der Waals surface area contributed by atoms with Gasteiger partial charge in [0.2, 0.25) is 10.0 Å². The predicted molar refractivity (Wildman–Crippen MR) is 85.1 cm³/mol. The third-order valence-electron chi connectivity index (χ3n) is 4.46. The first kappa shape index (κ1) is 17.0. The second kappa shape index (κ2) is 5.70. The topological polar surface area (TPSA) is 96.3 Å². The van der Waals surface area contributed by atoms with Crippen LogP contribution < -0.4 is 5.14 Å². The summed E-state index contributed by atoms with van der Waals surface area (Å²) in [6, 6.07) is 0.0567. The number of rotatable bonds is 5. The Morgan fingerprint density at radius 3 is 2.32 bits per heavy atom. The van der Waals surface area contributed by atoms with Crippen LogP contribution in [0.3, 0.4) is 0 Å². The van der Waals surface area contributed by atoms with E-state index >= 15 is 0 Å². The number of aromatic amines is 1. The maximum Gasteiger partial charge on any atom is 0.270 e. The smallest absolute Gasteiger partial charge is 0.270 e. The lowest BCUT2D eigenvalue weighted by Gasteiger charge is -2.27. The Labute approximate surface area is 132 Å². The van der Waals surface area contributed by atoms with E-state index < -0.39 is 10.0 Å². The molecule has 7 heteroatoms. The van der Waals surface area contributed by atoms with Gasteiger partial charge >= 0.3 is 0 Å². The third kappa shape index (κ3) is 3.20. The van der Waals surface area contributed by atoms with Crippen LogP contribution in [0.1, 0.15) is 48.9 Å². The van der Waals surface area contributed by atoms with E-state index in [1.165, 1.54) is 0 Å². The predicted octanol–water partition coefficient (Wildman–Crippen LogP) is 1.79. The van der Waals surface area contributed by atoms with Gasteiger partial charge in [-0.05, 0) is 51.5 Å². The van der Waals surface area contributed by atoms with E-state index in [1.54, 1.807) is 18.7 Å². The number of hydrogen-bond acceptors (Lipinski definition) is 3. The molecule has 1 saturated carbocycles. The Kier molecular flexibility index (Phi) is 4.41. The fourth-order valence-corrected chi connectivity index (χ4v) is 3.96. The summed E-state index contributed by atoms with van der Waals surface area (Å²) in [5.74, 6) is 1.03. The van der Waals surface area contributed by atoms with Gasteiger partial charge < -0.3 is 9.88 Å². The lowest BCUT2D eigenvalue weighted by molar-refractivity contribution is 0.0687. The first-order chi connectivity index (χ1) is 10.0. The lowest BCUT2D eigenvalue weighted by Crippen LogP contribution is -2.39. The number of sulfonamides is 1. The molecule has 2 rings (SSSR count). The van der Waals surface area contributed by atoms with Crippen LogP contribution >= 0.6 is 0 Å². The number of H-pyrrole nitrogens is 1. The SMILES string of the molecule is Cc1[nH]c(C(=O)N(C[C@@H]2C[C@H]2C)C(C)C)c(C)c1S(N)(=O)=O. The largest absolute Gasteiger partial charge is 0.353 e.